The summed E-state index contributed by atoms with van der Waals surface area (Å²) in [7, 11) is 0. The van der Waals surface area contributed by atoms with Crippen LogP contribution >= 0.6 is 0 Å². The summed E-state index contributed by atoms with van der Waals surface area (Å²) in [6.45, 7) is 2.81. The van der Waals surface area contributed by atoms with Crippen molar-refractivity contribution in [2.75, 3.05) is 37.7 Å². The van der Waals surface area contributed by atoms with E-state index < -0.39 is 17.7 Å². The van der Waals surface area contributed by atoms with Crippen molar-refractivity contribution in [3.05, 3.63) is 36.2 Å². The molecule has 12 nitrogen and oxygen atoms in total. The molecule has 1 amide bonds. The lowest BCUT2D eigenvalue weighted by molar-refractivity contribution is -0.0217. The van der Waals surface area contributed by atoms with Gasteiger partial charge in [-0.25, -0.2) is 4.98 Å². The monoisotopic (exact) mass is 470 g/mol. The summed E-state index contributed by atoms with van der Waals surface area (Å²) in [6, 6.07) is 6.11. The summed E-state index contributed by atoms with van der Waals surface area (Å²) in [5.74, 6) is 0.452. The lowest BCUT2D eigenvalue weighted by Gasteiger charge is -2.34. The second-order valence-electron chi connectivity index (χ2n) is 8.75. The Bertz CT molecular complexity index is 1160. The largest absolute Gasteiger partial charge is 0.494 e. The molecule has 34 heavy (non-hydrogen) atoms. The number of nitrogen functional groups attached to an aromatic ring is 2. The van der Waals surface area contributed by atoms with Gasteiger partial charge < -0.3 is 41.6 Å². The van der Waals surface area contributed by atoms with E-state index in [1.165, 1.54) is 11.2 Å². The fraction of sp³-hybridized carbons (Fsp3) is 0.455. The van der Waals surface area contributed by atoms with Crippen molar-refractivity contribution >= 4 is 28.8 Å². The van der Waals surface area contributed by atoms with Gasteiger partial charge in [0.2, 0.25) is 5.95 Å². The molecule has 12 heteroatoms. The van der Waals surface area contributed by atoms with Crippen molar-refractivity contribution < 1.29 is 19.7 Å². The van der Waals surface area contributed by atoms with E-state index in [0.29, 0.717) is 35.6 Å². The highest BCUT2D eigenvalue weighted by atomic mass is 16.5. The van der Waals surface area contributed by atoms with Crippen LogP contribution in [0, 0.1) is 0 Å². The van der Waals surface area contributed by atoms with Crippen molar-refractivity contribution in [2.24, 2.45) is 5.73 Å². The average Bonchev–Trinajstić information content (AvgIpc) is 3.14. The number of nitrogens with two attached hydrogens (primary N) is 3. The quantitative estimate of drug-likeness (QED) is 0.304. The number of amides is 1. The van der Waals surface area contributed by atoms with Crippen LogP contribution < -0.4 is 21.9 Å². The first-order valence-corrected chi connectivity index (χ1v) is 11.1. The highest BCUT2D eigenvalue weighted by Gasteiger charge is 2.42. The smallest absolute Gasteiger partial charge is 0.254 e. The van der Waals surface area contributed by atoms with Crippen molar-refractivity contribution in [3.8, 4) is 5.75 Å². The van der Waals surface area contributed by atoms with Crippen molar-refractivity contribution in [1.29, 1.82) is 0 Å². The highest BCUT2D eigenvalue weighted by Crippen LogP contribution is 2.34. The number of anilines is 2. The number of aliphatic hydroxyl groups is 2. The number of rotatable bonds is 6. The molecule has 1 fully saturated rings. The molecule has 0 aliphatic carbocycles. The number of carbonyl (C=O) groups is 1. The van der Waals surface area contributed by atoms with Crippen LogP contribution in [0.25, 0.3) is 11.2 Å². The van der Waals surface area contributed by atoms with E-state index in [1.807, 2.05) is 0 Å². The molecular weight excluding hydrogens is 440 g/mol. The molecule has 0 saturated carbocycles. The average molecular weight is 471 g/mol. The van der Waals surface area contributed by atoms with Gasteiger partial charge >= 0.3 is 0 Å². The number of hydrogen-bond acceptors (Lipinski definition) is 10. The third-order valence-electron chi connectivity index (χ3n) is 6.00. The molecule has 3 aromatic rings. The van der Waals surface area contributed by atoms with Crippen LogP contribution in [0.1, 0.15) is 36.2 Å². The molecule has 4 rings (SSSR count). The SMILES string of the molecule is C[C@@]1(O)C[C@H](O)CN(C(=O)c2ccc(OCCCN)cc2)C[C@H]1n1cnc2c(N)nc(N)nc21. The minimum atomic E-state index is -1.38. The van der Waals surface area contributed by atoms with E-state index in [9.17, 15) is 15.0 Å². The van der Waals surface area contributed by atoms with E-state index in [2.05, 4.69) is 15.0 Å². The lowest BCUT2D eigenvalue weighted by Crippen LogP contribution is -2.42. The first-order valence-electron chi connectivity index (χ1n) is 11.1. The van der Waals surface area contributed by atoms with E-state index in [-0.39, 0.29) is 37.2 Å². The number of fused-ring (bicyclic) bond motifs is 1. The molecule has 1 saturated heterocycles. The summed E-state index contributed by atoms with van der Waals surface area (Å²) < 4.78 is 7.23. The summed E-state index contributed by atoms with van der Waals surface area (Å²) in [4.78, 5) is 27.3. The Morgan fingerprint density at radius 2 is 1.97 bits per heavy atom. The van der Waals surface area contributed by atoms with Gasteiger partial charge in [0.1, 0.15) is 11.3 Å². The molecular formula is C22H30N8O4. The molecule has 0 unspecified atom stereocenters. The molecule has 0 spiro atoms. The van der Waals surface area contributed by atoms with E-state index in [1.54, 1.807) is 35.8 Å². The molecule has 0 radical (unpaired) electrons. The number of nitrogens with zero attached hydrogens (tertiary/aromatic N) is 5. The van der Waals surface area contributed by atoms with Gasteiger partial charge in [-0.2, -0.15) is 9.97 Å². The molecule has 1 aliphatic heterocycles. The number of imidazole rings is 1. The van der Waals surface area contributed by atoms with Crippen LogP contribution in [0.5, 0.6) is 5.75 Å². The number of hydrogen-bond donors (Lipinski definition) is 5. The second-order valence-corrected chi connectivity index (χ2v) is 8.75. The van der Waals surface area contributed by atoms with Crippen LogP contribution in [-0.2, 0) is 0 Å². The maximum Gasteiger partial charge on any atom is 0.254 e. The number of benzene rings is 1. The predicted molar refractivity (Wildman–Crippen MR) is 126 cm³/mol. The topological polar surface area (TPSA) is 192 Å². The van der Waals surface area contributed by atoms with Gasteiger partial charge in [0.25, 0.3) is 5.91 Å². The number of aromatic nitrogens is 4. The minimum Gasteiger partial charge on any atom is -0.494 e. The van der Waals surface area contributed by atoms with Crippen LogP contribution in [0.15, 0.2) is 30.6 Å². The van der Waals surface area contributed by atoms with Crippen LogP contribution in [0.4, 0.5) is 11.8 Å². The molecule has 0 bridgehead atoms. The molecule has 1 aliphatic rings. The Hall–Kier alpha value is -3.48. The van der Waals surface area contributed by atoms with Crippen LogP contribution in [0.2, 0.25) is 0 Å². The van der Waals surface area contributed by atoms with Gasteiger partial charge in [0.05, 0.1) is 30.7 Å². The van der Waals surface area contributed by atoms with E-state index >= 15 is 0 Å². The summed E-state index contributed by atoms with van der Waals surface area (Å²) in [5, 5.41) is 21.9. The van der Waals surface area contributed by atoms with Crippen LogP contribution in [-0.4, -0.2) is 78.5 Å². The fourth-order valence-corrected chi connectivity index (χ4v) is 4.30. The number of ether oxygens (including phenoxy) is 1. The van der Waals surface area contributed by atoms with Gasteiger partial charge in [-0.05, 0) is 44.2 Å². The maximum absolute atomic E-state index is 13.4. The zero-order chi connectivity index (χ0) is 24.5. The Labute approximate surface area is 196 Å². The lowest BCUT2D eigenvalue weighted by atomic mass is 9.91. The van der Waals surface area contributed by atoms with Crippen LogP contribution in [0.3, 0.4) is 0 Å². The molecule has 2 aromatic heterocycles. The van der Waals surface area contributed by atoms with E-state index in [4.69, 9.17) is 21.9 Å². The molecule has 3 heterocycles. The highest BCUT2D eigenvalue weighted by molar-refractivity contribution is 5.94. The number of carbonyl (C=O) groups excluding carboxylic acids is 1. The summed E-state index contributed by atoms with van der Waals surface area (Å²) in [5.41, 5.74) is 16.9. The first kappa shape index (κ1) is 23.7. The van der Waals surface area contributed by atoms with Gasteiger partial charge in [-0.3, -0.25) is 4.79 Å². The van der Waals surface area contributed by atoms with Gasteiger partial charge in [0.15, 0.2) is 11.5 Å². The van der Waals surface area contributed by atoms with E-state index in [0.717, 1.165) is 6.42 Å². The van der Waals surface area contributed by atoms with Gasteiger partial charge in [-0.1, -0.05) is 0 Å². The Balaban J connectivity index is 1.63. The van der Waals surface area contributed by atoms with Crippen molar-refractivity contribution in [1.82, 2.24) is 24.4 Å². The predicted octanol–water partition coefficient (Wildman–Crippen LogP) is -0.0826. The molecule has 8 N–H and O–H groups in total. The number of aliphatic hydroxyl groups excluding tert-OH is 1. The third kappa shape index (κ3) is 4.74. The third-order valence-corrected chi connectivity index (χ3v) is 6.00. The summed E-state index contributed by atoms with van der Waals surface area (Å²) in [6.07, 6.45) is 1.34. The first-order chi connectivity index (χ1) is 16.2. The molecule has 1 aromatic carbocycles. The van der Waals surface area contributed by atoms with Crippen molar-refractivity contribution in [2.45, 2.75) is 37.5 Å². The molecule has 3 atom stereocenters. The Kier molecular flexibility index (Phi) is 6.55. The number of likely N-dealkylation sites (tertiary alicyclic amines) is 1. The minimum absolute atomic E-state index is 0.0262. The normalized spacial score (nSPS) is 23.1. The van der Waals surface area contributed by atoms with Crippen molar-refractivity contribution in [3.63, 3.8) is 0 Å². The summed E-state index contributed by atoms with van der Waals surface area (Å²) >= 11 is 0. The fourth-order valence-electron chi connectivity index (χ4n) is 4.30. The Morgan fingerprint density at radius 1 is 1.24 bits per heavy atom. The zero-order valence-electron chi connectivity index (χ0n) is 19.0. The standard InChI is InChI=1S/C22H30N8O4/c1-22(33)9-14(31)10-29(20(32)13-3-5-15(6-4-13)34-8-2-7-23)11-16(22)30-12-26-17-18(24)27-21(25)28-19(17)30/h3-6,12,14,16,31,33H,2,7-11,23H2,1H3,(H4,24,25,27,28)/t14-,16+,22+/m0/s1. The molecule has 182 valence electrons. The van der Waals surface area contributed by atoms with Gasteiger partial charge in [-0.15, -0.1) is 0 Å². The number of β-amino-alcohol motifs (C(OH)–C–C–N with tert-alkyl or cyclic N) is 1. The Morgan fingerprint density at radius 3 is 2.68 bits per heavy atom. The van der Waals surface area contributed by atoms with Gasteiger partial charge in [0, 0.05) is 25.1 Å². The maximum atomic E-state index is 13.4. The zero-order valence-corrected chi connectivity index (χ0v) is 19.0. The second kappa shape index (κ2) is 9.41.